The monoisotopic (exact) mass is 356 g/mol. The number of nitrogens with zero attached hydrogens (tertiary/aromatic N) is 2. The van der Waals surface area contributed by atoms with E-state index in [1.54, 1.807) is 11.3 Å². The Kier molecular flexibility index (Phi) is 4.75. The van der Waals surface area contributed by atoms with Crippen LogP contribution in [0.4, 0.5) is 0 Å². The van der Waals surface area contributed by atoms with E-state index in [9.17, 15) is 0 Å². The first kappa shape index (κ1) is 17.1. The van der Waals surface area contributed by atoms with Crippen molar-refractivity contribution in [1.29, 1.82) is 0 Å². The Labute approximate surface area is 152 Å². The molecule has 0 atom stereocenters. The molecular weight excluding hydrogens is 336 g/mol. The van der Waals surface area contributed by atoms with Gasteiger partial charge in [-0.3, -0.25) is 4.98 Å². The van der Waals surface area contributed by atoms with Crippen molar-refractivity contribution in [3.8, 4) is 21.8 Å². The Bertz CT molecular complexity index is 862. The zero-order valence-corrected chi connectivity index (χ0v) is 16.0. The lowest BCUT2D eigenvalue weighted by atomic mass is 9.90. The number of thiazole rings is 1. The van der Waals surface area contributed by atoms with Gasteiger partial charge in [0, 0.05) is 28.4 Å². The maximum Gasteiger partial charge on any atom is 0.124 e. The molecule has 0 amide bonds. The first-order valence-corrected chi connectivity index (χ1v) is 9.25. The van der Waals surface area contributed by atoms with Gasteiger partial charge in [-0.05, 0) is 42.5 Å². The Morgan fingerprint density at radius 1 is 1.12 bits per heavy atom. The number of benzene rings is 1. The van der Waals surface area contributed by atoms with Crippen LogP contribution >= 0.6 is 22.9 Å². The summed E-state index contributed by atoms with van der Waals surface area (Å²) in [6.07, 6.45) is 2.82. The number of hydrogen-bond acceptors (Lipinski definition) is 3. The summed E-state index contributed by atoms with van der Waals surface area (Å²) >= 11 is 8.01. The van der Waals surface area contributed by atoms with Crippen LogP contribution in [0.5, 0.6) is 0 Å². The van der Waals surface area contributed by atoms with E-state index < -0.39 is 0 Å². The van der Waals surface area contributed by atoms with Crippen molar-refractivity contribution >= 4 is 22.9 Å². The zero-order valence-electron chi connectivity index (χ0n) is 14.4. The third kappa shape index (κ3) is 4.03. The van der Waals surface area contributed by atoms with Crippen molar-refractivity contribution in [2.75, 3.05) is 0 Å². The van der Waals surface area contributed by atoms with Crippen LogP contribution in [0.15, 0.2) is 41.9 Å². The smallest absolute Gasteiger partial charge is 0.124 e. The van der Waals surface area contributed by atoms with Crippen LogP contribution in [-0.2, 0) is 6.42 Å². The summed E-state index contributed by atoms with van der Waals surface area (Å²) in [4.78, 5) is 9.28. The lowest BCUT2D eigenvalue weighted by Crippen LogP contribution is -2.10. The molecule has 0 saturated heterocycles. The molecular formula is C20H21ClN2S. The molecule has 2 heterocycles. The molecule has 0 spiro atoms. The first-order chi connectivity index (χ1) is 11.3. The predicted molar refractivity (Wildman–Crippen MR) is 104 cm³/mol. The molecule has 0 aliphatic carbocycles. The first-order valence-electron chi connectivity index (χ1n) is 7.99. The van der Waals surface area contributed by atoms with E-state index in [4.69, 9.17) is 16.6 Å². The van der Waals surface area contributed by atoms with Gasteiger partial charge >= 0.3 is 0 Å². The largest absolute Gasteiger partial charge is 0.261 e. The molecule has 3 rings (SSSR count). The maximum atomic E-state index is 6.37. The lowest BCUT2D eigenvalue weighted by molar-refractivity contribution is 0.406. The van der Waals surface area contributed by atoms with Crippen LogP contribution in [0.25, 0.3) is 21.8 Å². The molecule has 0 fully saturated rings. The number of aryl methyl sites for hydroxylation is 1. The van der Waals surface area contributed by atoms with Gasteiger partial charge in [0.05, 0.1) is 10.7 Å². The molecule has 4 heteroatoms. The highest BCUT2D eigenvalue weighted by molar-refractivity contribution is 7.13. The second-order valence-electron chi connectivity index (χ2n) is 7.29. The normalized spacial score (nSPS) is 11.7. The molecule has 2 nitrogen and oxygen atoms in total. The molecule has 0 saturated carbocycles. The van der Waals surface area contributed by atoms with Crippen molar-refractivity contribution in [3.05, 3.63) is 58.2 Å². The van der Waals surface area contributed by atoms with E-state index in [-0.39, 0.29) is 5.41 Å². The van der Waals surface area contributed by atoms with Gasteiger partial charge in [0.2, 0.25) is 0 Å². The van der Waals surface area contributed by atoms with Gasteiger partial charge in [-0.15, -0.1) is 11.3 Å². The van der Waals surface area contributed by atoms with Crippen molar-refractivity contribution in [3.63, 3.8) is 0 Å². The van der Waals surface area contributed by atoms with Gasteiger partial charge in [-0.1, -0.05) is 44.5 Å². The Balaban J connectivity index is 1.92. The molecule has 0 aliphatic heterocycles. The van der Waals surface area contributed by atoms with Crippen LogP contribution < -0.4 is 0 Å². The Hall–Kier alpha value is -1.71. The minimum Gasteiger partial charge on any atom is -0.261 e. The molecule has 124 valence electrons. The quantitative estimate of drug-likeness (QED) is 0.540. The maximum absolute atomic E-state index is 6.37. The van der Waals surface area contributed by atoms with Crippen molar-refractivity contribution < 1.29 is 0 Å². The average Bonchev–Trinajstić information content (AvgIpc) is 2.95. The number of halogens is 1. The number of aromatic nitrogens is 2. The highest BCUT2D eigenvalue weighted by Gasteiger charge is 2.14. The van der Waals surface area contributed by atoms with Crippen molar-refractivity contribution in [2.45, 2.75) is 34.1 Å². The summed E-state index contributed by atoms with van der Waals surface area (Å²) in [5, 5.41) is 3.81. The van der Waals surface area contributed by atoms with Crippen LogP contribution in [-0.4, -0.2) is 9.97 Å². The summed E-state index contributed by atoms with van der Waals surface area (Å²) < 4.78 is 0. The second kappa shape index (κ2) is 6.66. The van der Waals surface area contributed by atoms with Gasteiger partial charge < -0.3 is 0 Å². The minimum atomic E-state index is 0.217. The fraction of sp³-hybridized carbons (Fsp3) is 0.300. The second-order valence-corrected chi connectivity index (χ2v) is 8.56. The van der Waals surface area contributed by atoms with E-state index in [1.165, 1.54) is 0 Å². The fourth-order valence-electron chi connectivity index (χ4n) is 2.61. The van der Waals surface area contributed by atoms with Crippen molar-refractivity contribution in [1.82, 2.24) is 9.97 Å². The summed E-state index contributed by atoms with van der Waals surface area (Å²) in [5.74, 6) is 0. The van der Waals surface area contributed by atoms with Crippen LogP contribution in [0.3, 0.4) is 0 Å². The summed E-state index contributed by atoms with van der Waals surface area (Å²) in [6, 6.07) is 10.2. The van der Waals surface area contributed by atoms with E-state index in [0.717, 1.165) is 44.5 Å². The van der Waals surface area contributed by atoms with Gasteiger partial charge in [0.1, 0.15) is 5.01 Å². The zero-order chi connectivity index (χ0) is 17.3. The highest BCUT2D eigenvalue weighted by Crippen LogP contribution is 2.33. The Morgan fingerprint density at radius 2 is 1.92 bits per heavy atom. The molecule has 0 radical (unpaired) electrons. The van der Waals surface area contributed by atoms with Crippen LogP contribution in [0.2, 0.25) is 5.02 Å². The van der Waals surface area contributed by atoms with Gasteiger partial charge in [0.25, 0.3) is 0 Å². The molecule has 0 unspecified atom stereocenters. The van der Waals surface area contributed by atoms with Crippen molar-refractivity contribution in [2.24, 2.45) is 5.41 Å². The molecule has 1 aromatic carbocycles. The highest BCUT2D eigenvalue weighted by atomic mass is 35.5. The Morgan fingerprint density at radius 3 is 2.62 bits per heavy atom. The molecule has 0 bridgehead atoms. The van der Waals surface area contributed by atoms with Crippen LogP contribution in [0.1, 0.15) is 32.0 Å². The third-order valence-corrected chi connectivity index (χ3v) is 4.88. The molecule has 2 aromatic heterocycles. The molecule has 0 N–H and O–H groups in total. The van der Waals surface area contributed by atoms with Crippen LogP contribution in [0, 0.1) is 12.3 Å². The van der Waals surface area contributed by atoms with E-state index in [1.807, 2.05) is 31.3 Å². The minimum absolute atomic E-state index is 0.217. The SMILES string of the molecule is Cc1ccc(-c2csc(-c3ccnc(CC(C)(C)C)c3)n2)c(Cl)c1. The van der Waals surface area contributed by atoms with Gasteiger partial charge in [-0.2, -0.15) is 0 Å². The number of rotatable bonds is 3. The molecule has 0 aliphatic rings. The average molecular weight is 357 g/mol. The third-order valence-electron chi connectivity index (χ3n) is 3.68. The topological polar surface area (TPSA) is 25.8 Å². The summed E-state index contributed by atoms with van der Waals surface area (Å²) in [5.41, 5.74) is 5.49. The molecule has 24 heavy (non-hydrogen) atoms. The lowest BCUT2D eigenvalue weighted by Gasteiger charge is -2.17. The van der Waals surface area contributed by atoms with E-state index in [2.05, 4.69) is 43.3 Å². The number of pyridine rings is 1. The van der Waals surface area contributed by atoms with E-state index in [0.29, 0.717) is 0 Å². The van der Waals surface area contributed by atoms with Gasteiger partial charge in [0.15, 0.2) is 0 Å². The van der Waals surface area contributed by atoms with E-state index >= 15 is 0 Å². The fourth-order valence-corrected chi connectivity index (χ4v) is 3.76. The number of hydrogen-bond donors (Lipinski definition) is 0. The summed E-state index contributed by atoms with van der Waals surface area (Å²) in [7, 11) is 0. The standard InChI is InChI=1S/C20H21ClN2S/c1-13-5-6-16(17(21)9-13)18-12-24-19(23-18)14-7-8-22-15(10-14)11-20(2,3)4/h5-10,12H,11H2,1-4H3. The summed E-state index contributed by atoms with van der Waals surface area (Å²) in [6.45, 7) is 8.71. The molecule has 3 aromatic rings. The van der Waals surface area contributed by atoms with Gasteiger partial charge in [-0.25, -0.2) is 4.98 Å². The predicted octanol–water partition coefficient (Wildman–Crippen LogP) is 6.42.